The zero-order chi connectivity index (χ0) is 37.5. The normalized spacial score (nSPS) is 14.9. The molecular weight excluding hydrogens is 711 g/mol. The van der Waals surface area contributed by atoms with E-state index in [0.717, 1.165) is 45.1 Å². The summed E-state index contributed by atoms with van der Waals surface area (Å²) in [5.41, 5.74) is 17.4. The van der Waals surface area contributed by atoms with Crippen LogP contribution in [-0.4, -0.2) is 16.7 Å². The highest BCUT2D eigenvalue weighted by molar-refractivity contribution is 7.26. The van der Waals surface area contributed by atoms with Crippen LogP contribution in [0.15, 0.2) is 200 Å². The average molecular weight is 745 g/mol. The molecule has 3 heterocycles. The lowest BCUT2D eigenvalue weighted by Gasteiger charge is -2.36. The van der Waals surface area contributed by atoms with Crippen LogP contribution in [0.1, 0.15) is 0 Å². The fourth-order valence-corrected chi connectivity index (χ4v) is 10.6. The molecule has 0 bridgehead atoms. The van der Waals surface area contributed by atoms with Crippen LogP contribution in [-0.2, 0) is 0 Å². The molecule has 4 heteroatoms. The maximum Gasteiger partial charge on any atom is 0.236 e. The second-order valence-electron chi connectivity index (χ2n) is 14.8. The first-order valence-corrected chi connectivity index (χ1v) is 20.3. The van der Waals surface area contributed by atoms with E-state index in [2.05, 4.69) is 204 Å². The maximum atomic E-state index is 5.26. The number of aromatic nitrogens is 1. The van der Waals surface area contributed by atoms with Gasteiger partial charge in [-0.2, -0.15) is 4.58 Å². The van der Waals surface area contributed by atoms with Crippen molar-refractivity contribution >= 4 is 60.0 Å². The molecule has 0 N–H and O–H groups in total. The van der Waals surface area contributed by atoms with Crippen molar-refractivity contribution in [3.8, 4) is 55.8 Å². The number of para-hydroxylation sites is 2. The van der Waals surface area contributed by atoms with Gasteiger partial charge in [0.15, 0.2) is 0 Å². The summed E-state index contributed by atoms with van der Waals surface area (Å²) in [6.45, 7) is 0. The lowest BCUT2D eigenvalue weighted by Crippen LogP contribution is -2.44. The van der Waals surface area contributed by atoms with E-state index >= 15 is 0 Å². The van der Waals surface area contributed by atoms with Gasteiger partial charge in [-0.1, -0.05) is 140 Å². The zero-order valence-corrected chi connectivity index (χ0v) is 31.7. The van der Waals surface area contributed by atoms with Crippen molar-refractivity contribution < 1.29 is 0 Å². The average Bonchev–Trinajstić information content (AvgIpc) is 3.67. The monoisotopic (exact) mass is 744 g/mol. The van der Waals surface area contributed by atoms with Crippen LogP contribution in [0.3, 0.4) is 0 Å². The molecule has 0 saturated carbocycles. The molecular formula is C53H34N3S+. The van der Waals surface area contributed by atoms with Crippen LogP contribution in [0.2, 0.25) is 0 Å². The molecule has 2 aromatic heterocycles. The van der Waals surface area contributed by atoms with Crippen molar-refractivity contribution in [3.63, 3.8) is 0 Å². The Balaban J connectivity index is 1.19. The van der Waals surface area contributed by atoms with Crippen molar-refractivity contribution in [3.05, 3.63) is 200 Å². The Morgan fingerprint density at radius 3 is 2.09 bits per heavy atom. The summed E-state index contributed by atoms with van der Waals surface area (Å²) in [5, 5.41) is 2.61. The molecule has 1 atom stereocenters. The lowest BCUT2D eigenvalue weighted by atomic mass is 9.79. The predicted molar refractivity (Wildman–Crippen MR) is 241 cm³/mol. The summed E-state index contributed by atoms with van der Waals surface area (Å²) in [7, 11) is 0. The molecule has 7 aromatic carbocycles. The van der Waals surface area contributed by atoms with Crippen LogP contribution >= 0.6 is 11.3 Å². The largest absolute Gasteiger partial charge is 0.319 e. The summed E-state index contributed by atoms with van der Waals surface area (Å²) < 4.78 is 5.08. The van der Waals surface area contributed by atoms with Crippen molar-refractivity contribution in [1.29, 1.82) is 0 Å². The van der Waals surface area contributed by atoms with E-state index in [1.165, 1.54) is 59.3 Å². The first-order valence-electron chi connectivity index (χ1n) is 19.5. The van der Waals surface area contributed by atoms with Gasteiger partial charge in [-0.3, -0.25) is 4.98 Å². The first kappa shape index (κ1) is 32.1. The van der Waals surface area contributed by atoms with Crippen LogP contribution in [0.25, 0.3) is 75.9 Å². The van der Waals surface area contributed by atoms with Crippen LogP contribution in [0.4, 0.5) is 22.7 Å². The van der Waals surface area contributed by atoms with Gasteiger partial charge in [0.05, 0.1) is 5.69 Å². The van der Waals surface area contributed by atoms with E-state index in [0.29, 0.717) is 0 Å². The van der Waals surface area contributed by atoms with Gasteiger partial charge in [0, 0.05) is 73.0 Å². The molecule has 3 aliphatic rings. The molecule has 2 aliphatic carbocycles. The Kier molecular flexibility index (Phi) is 7.16. The number of pyridine rings is 1. The lowest BCUT2D eigenvalue weighted by molar-refractivity contribution is 0.897. The summed E-state index contributed by atoms with van der Waals surface area (Å²) in [5.74, 6) is 0. The van der Waals surface area contributed by atoms with E-state index in [4.69, 9.17) is 4.98 Å². The summed E-state index contributed by atoms with van der Waals surface area (Å²) in [6.07, 6.45) is 10.9. The number of rotatable bonds is 3. The van der Waals surface area contributed by atoms with Gasteiger partial charge in [0.2, 0.25) is 17.1 Å². The van der Waals surface area contributed by atoms with Crippen molar-refractivity contribution in [2.75, 3.05) is 4.90 Å². The summed E-state index contributed by atoms with van der Waals surface area (Å²) in [4.78, 5) is 7.76. The quantitative estimate of drug-likeness (QED) is 0.168. The second-order valence-corrected chi connectivity index (χ2v) is 15.9. The Morgan fingerprint density at radius 1 is 0.526 bits per heavy atom. The number of anilines is 2. The van der Waals surface area contributed by atoms with Crippen LogP contribution < -0.4 is 9.48 Å². The minimum atomic E-state index is -0.00732. The van der Waals surface area contributed by atoms with Crippen molar-refractivity contribution in [2.45, 2.75) is 6.04 Å². The molecule has 0 saturated heterocycles. The Hall–Kier alpha value is -7.14. The molecule has 3 nitrogen and oxygen atoms in total. The van der Waals surface area contributed by atoms with E-state index in [1.807, 2.05) is 17.5 Å². The van der Waals surface area contributed by atoms with Crippen molar-refractivity contribution in [1.82, 2.24) is 9.56 Å². The fraction of sp³-hybridized carbons (Fsp3) is 0.0189. The Labute approximate surface area is 335 Å². The van der Waals surface area contributed by atoms with E-state index < -0.39 is 0 Å². The Morgan fingerprint density at radius 2 is 1.21 bits per heavy atom. The minimum absolute atomic E-state index is 0.00732. The smallest absolute Gasteiger partial charge is 0.236 e. The van der Waals surface area contributed by atoms with Gasteiger partial charge in [-0.25, -0.2) is 0 Å². The third-order valence-electron chi connectivity index (χ3n) is 11.8. The molecule has 1 unspecified atom stereocenters. The number of fused-ring (bicyclic) bond motifs is 13. The predicted octanol–water partition coefficient (Wildman–Crippen LogP) is 14.0. The highest BCUT2D eigenvalue weighted by Gasteiger charge is 2.41. The maximum absolute atomic E-state index is 5.26. The molecule has 0 fully saturated rings. The van der Waals surface area contributed by atoms with Gasteiger partial charge in [0.1, 0.15) is 11.7 Å². The van der Waals surface area contributed by atoms with E-state index in [-0.39, 0.29) is 6.04 Å². The number of hydrogen-bond donors (Lipinski definition) is 0. The molecule has 0 radical (unpaired) electrons. The van der Waals surface area contributed by atoms with Crippen LogP contribution in [0, 0.1) is 0 Å². The number of allylic oxidation sites excluding steroid dienone is 2. The Bertz CT molecular complexity index is 3190. The van der Waals surface area contributed by atoms with Crippen molar-refractivity contribution in [2.24, 2.45) is 0 Å². The van der Waals surface area contributed by atoms with Gasteiger partial charge < -0.3 is 4.90 Å². The fourth-order valence-electron chi connectivity index (χ4n) is 9.38. The molecule has 12 rings (SSSR count). The SMILES string of the molecule is C1=CC2=[N+](c3ccccc3)c3cc4c(cc3N(c3ccccc3)C2C=C1)-c1ncccc1-c1cccc(-c2cccc3c2sc2ccccc23)c1-c1ccccc1-4. The van der Waals surface area contributed by atoms with Gasteiger partial charge in [-0.15, -0.1) is 11.3 Å². The summed E-state index contributed by atoms with van der Waals surface area (Å²) >= 11 is 1.88. The number of nitrogens with zero attached hydrogens (tertiary/aromatic N) is 3. The third kappa shape index (κ3) is 4.84. The standard InChI is InChI=1S/C53H34N3S/c1-3-16-34(17-4-1)55-46-28-10-11-29-47(46)56(35-18-5-2-6-19-35)49-33-45-44(32-48(49)55)36-20-7-8-22-38(36)51-39(41-27-15-31-54-52(41)45)23-13-24-40(51)43-26-14-25-42-37-21-9-12-30-50(37)57-53(42)43/h1-33,47H/q+1. The molecule has 57 heavy (non-hydrogen) atoms. The molecule has 0 spiro atoms. The minimum Gasteiger partial charge on any atom is -0.319 e. The third-order valence-corrected chi connectivity index (χ3v) is 13.0. The van der Waals surface area contributed by atoms with Gasteiger partial charge in [0.25, 0.3) is 0 Å². The van der Waals surface area contributed by atoms with Crippen LogP contribution in [0.5, 0.6) is 0 Å². The summed E-state index contributed by atoms with van der Waals surface area (Å²) in [6, 6.07) is 62.2. The highest BCUT2D eigenvalue weighted by atomic mass is 32.1. The number of thiophene rings is 1. The molecule has 266 valence electrons. The first-order chi connectivity index (χ1) is 28.3. The van der Waals surface area contributed by atoms with Gasteiger partial charge in [-0.05, 0) is 63.7 Å². The molecule has 1 aliphatic heterocycles. The number of hydrogen-bond acceptors (Lipinski definition) is 3. The highest BCUT2D eigenvalue weighted by Crippen LogP contribution is 2.54. The molecule has 0 amide bonds. The number of benzene rings is 7. The topological polar surface area (TPSA) is 19.1 Å². The van der Waals surface area contributed by atoms with E-state index in [1.54, 1.807) is 0 Å². The van der Waals surface area contributed by atoms with E-state index in [9.17, 15) is 0 Å². The molecule has 9 aromatic rings. The van der Waals surface area contributed by atoms with Gasteiger partial charge >= 0.3 is 0 Å². The second kappa shape index (κ2) is 12.7. The zero-order valence-electron chi connectivity index (χ0n) is 30.9.